The van der Waals surface area contributed by atoms with Crippen molar-refractivity contribution in [2.45, 2.75) is 13.0 Å². The van der Waals surface area contributed by atoms with Crippen molar-refractivity contribution < 1.29 is 14.0 Å². The predicted molar refractivity (Wildman–Crippen MR) is 101 cm³/mol. The second-order valence-electron chi connectivity index (χ2n) is 6.33. The zero-order chi connectivity index (χ0) is 20.5. The number of ether oxygens (including phenoxy) is 2. The number of fused-ring (bicyclic) bond motifs is 1. The number of aromatic nitrogens is 6. The highest BCUT2D eigenvalue weighted by atomic mass is 16.5. The van der Waals surface area contributed by atoms with Gasteiger partial charge in [-0.2, -0.15) is 4.98 Å². The highest BCUT2D eigenvalue weighted by Crippen LogP contribution is 2.28. The molecule has 0 unspecified atom stereocenters. The lowest BCUT2D eigenvalue weighted by atomic mass is 10.1. The molecular weight excluding hydrogens is 380 g/mol. The minimum Gasteiger partial charge on any atom is -0.493 e. The van der Waals surface area contributed by atoms with Gasteiger partial charge in [0, 0.05) is 7.05 Å². The molecule has 0 aliphatic rings. The van der Waals surface area contributed by atoms with E-state index in [4.69, 9.17) is 14.0 Å². The largest absolute Gasteiger partial charge is 0.493 e. The van der Waals surface area contributed by atoms with E-state index in [2.05, 4.69) is 20.1 Å². The third-order valence-electron chi connectivity index (χ3n) is 4.50. The minimum absolute atomic E-state index is 0.174. The van der Waals surface area contributed by atoms with Crippen LogP contribution in [-0.2, 0) is 20.0 Å². The van der Waals surface area contributed by atoms with E-state index in [1.165, 1.54) is 17.9 Å². The molecule has 1 aromatic carbocycles. The molecule has 0 spiro atoms. The van der Waals surface area contributed by atoms with Gasteiger partial charge in [-0.15, -0.1) is 0 Å². The summed E-state index contributed by atoms with van der Waals surface area (Å²) in [6, 6.07) is 5.53. The minimum atomic E-state index is -0.524. The van der Waals surface area contributed by atoms with Crippen molar-refractivity contribution in [1.29, 1.82) is 0 Å². The lowest BCUT2D eigenvalue weighted by Gasteiger charge is -2.08. The van der Waals surface area contributed by atoms with Gasteiger partial charge in [0.15, 0.2) is 28.5 Å². The van der Waals surface area contributed by atoms with Gasteiger partial charge in [-0.05, 0) is 17.7 Å². The van der Waals surface area contributed by atoms with Crippen LogP contribution in [0.3, 0.4) is 0 Å². The van der Waals surface area contributed by atoms with Gasteiger partial charge in [0.05, 0.1) is 33.5 Å². The summed E-state index contributed by atoms with van der Waals surface area (Å²) in [7, 11) is 4.68. The Hall–Kier alpha value is -3.89. The molecule has 0 bridgehead atoms. The summed E-state index contributed by atoms with van der Waals surface area (Å²) < 4.78 is 18.7. The van der Waals surface area contributed by atoms with Gasteiger partial charge in [-0.1, -0.05) is 11.2 Å². The Bertz CT molecular complexity index is 1300. The molecule has 0 saturated heterocycles. The number of hydrogen-bond acceptors (Lipinski definition) is 8. The molecule has 1 N–H and O–H groups in total. The maximum atomic E-state index is 12.2. The topological polar surface area (TPSA) is 130 Å². The summed E-state index contributed by atoms with van der Waals surface area (Å²) >= 11 is 0. The number of methoxy groups -OCH3 is 2. The molecule has 0 saturated carbocycles. The van der Waals surface area contributed by atoms with Gasteiger partial charge in [0.2, 0.25) is 5.89 Å². The number of imidazole rings is 1. The van der Waals surface area contributed by atoms with Crippen molar-refractivity contribution in [3.63, 3.8) is 0 Å². The number of nitrogens with zero attached hydrogens (tertiary/aromatic N) is 5. The quantitative estimate of drug-likeness (QED) is 0.496. The van der Waals surface area contributed by atoms with Crippen molar-refractivity contribution in [1.82, 2.24) is 29.2 Å². The molecule has 0 fully saturated rings. The summed E-state index contributed by atoms with van der Waals surface area (Å²) in [5.74, 6) is 2.04. The molecule has 3 heterocycles. The lowest BCUT2D eigenvalue weighted by Crippen LogP contribution is -2.29. The first-order valence-corrected chi connectivity index (χ1v) is 8.66. The van der Waals surface area contributed by atoms with Crippen LogP contribution in [0, 0.1) is 0 Å². The number of benzene rings is 1. The molecular formula is C18H18N6O5. The second-order valence-corrected chi connectivity index (χ2v) is 6.33. The molecule has 29 heavy (non-hydrogen) atoms. The standard InChI is InChI=1S/C18H18N6O5/c1-23-16-15(17(25)21-18(23)26)24(9-19-16)8-13-20-14(29-22-13)7-10-4-5-11(27-2)12(6-10)28-3/h4-6,9H,7-8H2,1-3H3,(H,21,25,26). The molecule has 0 amide bonds. The number of hydrogen-bond donors (Lipinski definition) is 1. The monoisotopic (exact) mass is 398 g/mol. The Morgan fingerprint density at radius 3 is 2.72 bits per heavy atom. The third-order valence-corrected chi connectivity index (χ3v) is 4.50. The summed E-state index contributed by atoms with van der Waals surface area (Å²) in [5, 5.41) is 3.97. The van der Waals surface area contributed by atoms with E-state index in [0.717, 1.165) is 5.56 Å². The van der Waals surface area contributed by atoms with E-state index >= 15 is 0 Å². The van der Waals surface area contributed by atoms with Crippen LogP contribution in [0.25, 0.3) is 11.2 Å². The van der Waals surface area contributed by atoms with Crippen LogP contribution in [0.5, 0.6) is 11.5 Å². The van der Waals surface area contributed by atoms with Gasteiger partial charge in [0.1, 0.15) is 0 Å². The third kappa shape index (κ3) is 3.37. The molecule has 3 aromatic heterocycles. The first kappa shape index (κ1) is 18.5. The fourth-order valence-corrected chi connectivity index (χ4v) is 3.05. The summed E-state index contributed by atoms with van der Waals surface area (Å²) in [5.41, 5.74) is 0.419. The molecule has 0 radical (unpaired) electrons. The zero-order valence-corrected chi connectivity index (χ0v) is 16.0. The highest BCUT2D eigenvalue weighted by Gasteiger charge is 2.15. The SMILES string of the molecule is COc1ccc(Cc2nc(Cn3cnc4c3c(=O)[nH]c(=O)n4C)no2)cc1OC. The zero-order valence-electron chi connectivity index (χ0n) is 16.0. The van der Waals surface area contributed by atoms with E-state index in [1.807, 2.05) is 12.1 Å². The van der Waals surface area contributed by atoms with Gasteiger partial charge < -0.3 is 18.6 Å². The fraction of sp³-hybridized carbons (Fsp3) is 0.278. The first-order valence-electron chi connectivity index (χ1n) is 8.66. The van der Waals surface area contributed by atoms with Gasteiger partial charge in [-0.3, -0.25) is 14.3 Å². The number of aromatic amines is 1. The Morgan fingerprint density at radius 1 is 1.17 bits per heavy atom. The average molecular weight is 398 g/mol. The number of aryl methyl sites for hydroxylation is 1. The molecule has 4 rings (SSSR count). The Kier molecular flexibility index (Phi) is 4.63. The Balaban J connectivity index is 1.58. The normalized spacial score (nSPS) is 11.1. The van der Waals surface area contributed by atoms with E-state index < -0.39 is 11.2 Å². The van der Waals surface area contributed by atoms with Crippen LogP contribution in [0.15, 0.2) is 38.6 Å². The van der Waals surface area contributed by atoms with Crippen LogP contribution in [0.4, 0.5) is 0 Å². The summed E-state index contributed by atoms with van der Waals surface area (Å²) in [6.07, 6.45) is 1.87. The smallest absolute Gasteiger partial charge is 0.329 e. The van der Waals surface area contributed by atoms with Crippen LogP contribution >= 0.6 is 0 Å². The number of rotatable bonds is 6. The van der Waals surface area contributed by atoms with Crippen LogP contribution in [-0.4, -0.2) is 43.5 Å². The number of nitrogens with one attached hydrogen (secondary N) is 1. The lowest BCUT2D eigenvalue weighted by molar-refractivity contribution is 0.354. The molecule has 0 aliphatic carbocycles. The fourth-order valence-electron chi connectivity index (χ4n) is 3.05. The van der Waals surface area contributed by atoms with Gasteiger partial charge in [0.25, 0.3) is 5.56 Å². The molecule has 11 nitrogen and oxygen atoms in total. The van der Waals surface area contributed by atoms with Crippen molar-refractivity contribution in [3.05, 3.63) is 62.6 Å². The van der Waals surface area contributed by atoms with Gasteiger partial charge in [-0.25, -0.2) is 9.78 Å². The maximum absolute atomic E-state index is 12.2. The van der Waals surface area contributed by atoms with E-state index in [1.54, 1.807) is 24.9 Å². The van der Waals surface area contributed by atoms with E-state index in [0.29, 0.717) is 29.6 Å². The van der Waals surface area contributed by atoms with Crippen LogP contribution < -0.4 is 20.7 Å². The molecule has 150 valence electrons. The Morgan fingerprint density at radius 2 is 1.97 bits per heavy atom. The average Bonchev–Trinajstić information content (AvgIpc) is 3.33. The van der Waals surface area contributed by atoms with Crippen LogP contribution in [0.1, 0.15) is 17.3 Å². The van der Waals surface area contributed by atoms with Gasteiger partial charge >= 0.3 is 5.69 Å². The highest BCUT2D eigenvalue weighted by molar-refractivity contribution is 5.69. The Labute approximate surface area is 163 Å². The summed E-state index contributed by atoms with van der Waals surface area (Å²) in [4.78, 5) is 34.6. The molecule has 0 aliphatic heterocycles. The maximum Gasteiger partial charge on any atom is 0.329 e. The van der Waals surface area contributed by atoms with Crippen molar-refractivity contribution >= 4 is 11.2 Å². The van der Waals surface area contributed by atoms with Crippen molar-refractivity contribution in [3.8, 4) is 11.5 Å². The molecule has 0 atom stereocenters. The molecule has 4 aromatic rings. The van der Waals surface area contributed by atoms with Crippen molar-refractivity contribution in [2.24, 2.45) is 7.05 Å². The summed E-state index contributed by atoms with van der Waals surface area (Å²) in [6.45, 7) is 0.174. The number of H-pyrrole nitrogens is 1. The van der Waals surface area contributed by atoms with E-state index in [-0.39, 0.29) is 17.7 Å². The van der Waals surface area contributed by atoms with E-state index in [9.17, 15) is 9.59 Å². The molecule has 11 heteroatoms. The second kappa shape index (κ2) is 7.26. The van der Waals surface area contributed by atoms with Crippen LogP contribution in [0.2, 0.25) is 0 Å². The van der Waals surface area contributed by atoms with Crippen molar-refractivity contribution in [2.75, 3.05) is 14.2 Å². The first-order chi connectivity index (χ1) is 14.0. The predicted octanol–water partition coefficient (Wildman–Crippen LogP) is 0.463.